The van der Waals surface area contributed by atoms with E-state index in [4.69, 9.17) is 0 Å². The van der Waals surface area contributed by atoms with Gasteiger partial charge in [0, 0.05) is 25.3 Å². The van der Waals surface area contributed by atoms with Gasteiger partial charge in [-0.1, -0.05) is 12.1 Å². The molecule has 2 aliphatic heterocycles. The maximum atomic E-state index is 12.5. The predicted octanol–water partition coefficient (Wildman–Crippen LogP) is 3.20. The second kappa shape index (κ2) is 8.02. The van der Waals surface area contributed by atoms with Crippen LogP contribution < -0.4 is 10.2 Å². The van der Waals surface area contributed by atoms with Crippen molar-refractivity contribution in [3.8, 4) is 0 Å². The standard InChI is InChI=1S/C20H31N3O/c1-16(21-20(24)18-7-6-12-22(2)15-18)17-8-10-19(11-9-17)23-13-4-3-5-14-23/h8-11,16,18H,3-7,12-15H2,1-2H3,(H,21,24)/t16-,18-/m0/s1. The fourth-order valence-electron chi connectivity index (χ4n) is 3.92. The van der Waals surface area contributed by atoms with Gasteiger partial charge in [-0.3, -0.25) is 4.79 Å². The molecule has 1 aromatic rings. The molecule has 2 atom stereocenters. The van der Waals surface area contributed by atoms with E-state index in [1.54, 1.807) is 0 Å². The van der Waals surface area contributed by atoms with Crippen LogP contribution in [0.15, 0.2) is 24.3 Å². The van der Waals surface area contributed by atoms with E-state index in [1.165, 1.54) is 43.6 Å². The Balaban J connectivity index is 1.56. The minimum Gasteiger partial charge on any atom is -0.372 e. The normalized spacial score (nSPS) is 23.8. The van der Waals surface area contributed by atoms with Crippen molar-refractivity contribution < 1.29 is 4.79 Å². The van der Waals surface area contributed by atoms with Crippen LogP contribution in [0.5, 0.6) is 0 Å². The fourth-order valence-corrected chi connectivity index (χ4v) is 3.92. The number of hydrogen-bond acceptors (Lipinski definition) is 3. The van der Waals surface area contributed by atoms with Gasteiger partial charge in [-0.05, 0) is 70.3 Å². The third kappa shape index (κ3) is 4.29. The summed E-state index contributed by atoms with van der Waals surface area (Å²) in [5.74, 6) is 0.341. The molecule has 2 heterocycles. The molecule has 0 aromatic heterocycles. The number of rotatable bonds is 4. The molecular weight excluding hydrogens is 298 g/mol. The summed E-state index contributed by atoms with van der Waals surface area (Å²) in [4.78, 5) is 17.2. The lowest BCUT2D eigenvalue weighted by Crippen LogP contribution is -2.42. The van der Waals surface area contributed by atoms with Crippen LogP contribution in [0.2, 0.25) is 0 Å². The molecule has 0 spiro atoms. The van der Waals surface area contributed by atoms with Crippen LogP contribution >= 0.6 is 0 Å². The molecule has 0 radical (unpaired) electrons. The van der Waals surface area contributed by atoms with Crippen molar-refractivity contribution in [3.05, 3.63) is 29.8 Å². The Kier molecular flexibility index (Phi) is 5.77. The van der Waals surface area contributed by atoms with Gasteiger partial charge >= 0.3 is 0 Å². The van der Waals surface area contributed by atoms with E-state index in [9.17, 15) is 4.79 Å². The lowest BCUT2D eigenvalue weighted by Gasteiger charge is -2.30. The van der Waals surface area contributed by atoms with E-state index in [0.717, 1.165) is 25.9 Å². The molecule has 4 nitrogen and oxygen atoms in total. The van der Waals surface area contributed by atoms with Crippen LogP contribution in [0.3, 0.4) is 0 Å². The zero-order valence-corrected chi connectivity index (χ0v) is 15.1. The molecule has 0 saturated carbocycles. The molecule has 2 aliphatic rings. The number of piperidine rings is 2. The largest absolute Gasteiger partial charge is 0.372 e. The second-order valence-corrected chi connectivity index (χ2v) is 7.47. The summed E-state index contributed by atoms with van der Waals surface area (Å²) in [6, 6.07) is 8.82. The van der Waals surface area contributed by atoms with Gasteiger partial charge in [0.15, 0.2) is 0 Å². The van der Waals surface area contributed by atoms with Gasteiger partial charge in [0.25, 0.3) is 0 Å². The van der Waals surface area contributed by atoms with E-state index in [2.05, 4.69) is 53.4 Å². The minimum atomic E-state index is 0.0696. The first kappa shape index (κ1) is 17.3. The Hall–Kier alpha value is -1.55. The smallest absolute Gasteiger partial charge is 0.224 e. The van der Waals surface area contributed by atoms with Gasteiger partial charge in [-0.2, -0.15) is 0 Å². The van der Waals surface area contributed by atoms with E-state index < -0.39 is 0 Å². The topological polar surface area (TPSA) is 35.6 Å². The molecule has 0 unspecified atom stereocenters. The Bertz CT molecular complexity index is 536. The number of carbonyl (C=O) groups excluding carboxylic acids is 1. The molecule has 4 heteroatoms. The maximum Gasteiger partial charge on any atom is 0.224 e. The highest BCUT2D eigenvalue weighted by molar-refractivity contribution is 5.79. The van der Waals surface area contributed by atoms with E-state index in [0.29, 0.717) is 0 Å². The summed E-state index contributed by atoms with van der Waals surface area (Å²) in [6.07, 6.45) is 6.08. The summed E-state index contributed by atoms with van der Waals surface area (Å²) >= 11 is 0. The fraction of sp³-hybridized carbons (Fsp3) is 0.650. The highest BCUT2D eigenvalue weighted by Crippen LogP contribution is 2.23. The third-order valence-corrected chi connectivity index (χ3v) is 5.47. The molecular formula is C20H31N3O. The number of nitrogens with zero attached hydrogens (tertiary/aromatic N) is 2. The average molecular weight is 329 g/mol. The van der Waals surface area contributed by atoms with Crippen LogP contribution in [-0.2, 0) is 4.79 Å². The van der Waals surface area contributed by atoms with Crippen LogP contribution in [0.1, 0.15) is 50.6 Å². The number of nitrogens with one attached hydrogen (secondary N) is 1. The Morgan fingerprint density at radius 2 is 1.79 bits per heavy atom. The van der Waals surface area contributed by atoms with E-state index in [-0.39, 0.29) is 17.9 Å². The maximum absolute atomic E-state index is 12.5. The highest BCUT2D eigenvalue weighted by Gasteiger charge is 2.25. The van der Waals surface area contributed by atoms with Gasteiger partial charge in [0.2, 0.25) is 5.91 Å². The van der Waals surface area contributed by atoms with Gasteiger partial charge in [-0.25, -0.2) is 0 Å². The monoisotopic (exact) mass is 329 g/mol. The number of anilines is 1. The molecule has 1 N–H and O–H groups in total. The quantitative estimate of drug-likeness (QED) is 0.921. The van der Waals surface area contributed by atoms with Crippen molar-refractivity contribution in [2.75, 3.05) is 38.1 Å². The van der Waals surface area contributed by atoms with Gasteiger partial charge in [0.05, 0.1) is 12.0 Å². The summed E-state index contributed by atoms with van der Waals surface area (Å²) in [6.45, 7) is 6.41. The zero-order chi connectivity index (χ0) is 16.9. The van der Waals surface area contributed by atoms with Crippen molar-refractivity contribution in [2.45, 2.75) is 45.1 Å². The molecule has 1 amide bonds. The number of hydrogen-bond donors (Lipinski definition) is 1. The summed E-state index contributed by atoms with van der Waals surface area (Å²) in [5, 5.41) is 3.21. The molecule has 2 saturated heterocycles. The predicted molar refractivity (Wildman–Crippen MR) is 99.3 cm³/mol. The first-order valence-electron chi connectivity index (χ1n) is 9.47. The highest BCUT2D eigenvalue weighted by atomic mass is 16.2. The third-order valence-electron chi connectivity index (χ3n) is 5.47. The Morgan fingerprint density at radius 3 is 2.46 bits per heavy atom. The van der Waals surface area contributed by atoms with Gasteiger partial charge in [-0.15, -0.1) is 0 Å². The Labute approximate surface area is 146 Å². The molecule has 0 aliphatic carbocycles. The first-order chi connectivity index (χ1) is 11.6. The molecule has 0 bridgehead atoms. The average Bonchev–Trinajstić information content (AvgIpc) is 2.62. The van der Waals surface area contributed by atoms with Crippen LogP contribution in [0.4, 0.5) is 5.69 Å². The molecule has 24 heavy (non-hydrogen) atoms. The van der Waals surface area contributed by atoms with Crippen molar-refractivity contribution in [1.82, 2.24) is 10.2 Å². The number of amides is 1. The van der Waals surface area contributed by atoms with Crippen LogP contribution in [-0.4, -0.2) is 44.0 Å². The number of benzene rings is 1. The molecule has 3 rings (SSSR count). The second-order valence-electron chi connectivity index (χ2n) is 7.47. The van der Waals surface area contributed by atoms with Crippen molar-refractivity contribution in [3.63, 3.8) is 0 Å². The minimum absolute atomic E-state index is 0.0696. The first-order valence-corrected chi connectivity index (χ1v) is 9.47. The number of likely N-dealkylation sites (tertiary alicyclic amines) is 1. The van der Waals surface area contributed by atoms with Crippen molar-refractivity contribution in [1.29, 1.82) is 0 Å². The summed E-state index contributed by atoms with van der Waals surface area (Å²) in [7, 11) is 2.10. The lowest BCUT2D eigenvalue weighted by atomic mass is 9.96. The lowest BCUT2D eigenvalue weighted by molar-refractivity contribution is -0.127. The van der Waals surface area contributed by atoms with Crippen molar-refractivity contribution in [2.24, 2.45) is 5.92 Å². The Morgan fingerprint density at radius 1 is 1.08 bits per heavy atom. The summed E-state index contributed by atoms with van der Waals surface area (Å²) < 4.78 is 0. The van der Waals surface area contributed by atoms with E-state index >= 15 is 0 Å². The van der Waals surface area contributed by atoms with Crippen molar-refractivity contribution >= 4 is 11.6 Å². The zero-order valence-electron chi connectivity index (χ0n) is 15.1. The van der Waals surface area contributed by atoms with Crippen LogP contribution in [0, 0.1) is 5.92 Å². The van der Waals surface area contributed by atoms with Crippen LogP contribution in [0.25, 0.3) is 0 Å². The SMILES string of the molecule is C[C@H](NC(=O)[C@H]1CCCN(C)C1)c1ccc(N2CCCCC2)cc1. The number of carbonyl (C=O) groups is 1. The molecule has 1 aromatic carbocycles. The van der Waals surface area contributed by atoms with Gasteiger partial charge in [0.1, 0.15) is 0 Å². The van der Waals surface area contributed by atoms with E-state index in [1.807, 2.05) is 0 Å². The van der Waals surface area contributed by atoms with Gasteiger partial charge < -0.3 is 15.1 Å². The summed E-state index contributed by atoms with van der Waals surface area (Å²) in [5.41, 5.74) is 2.50. The molecule has 2 fully saturated rings. The molecule has 132 valence electrons.